The van der Waals surface area contributed by atoms with Crippen LogP contribution in [0, 0.1) is 11.3 Å². The predicted octanol–water partition coefficient (Wildman–Crippen LogP) is 3.26. The maximum Gasteiger partial charge on any atom is 0.249 e. The van der Waals surface area contributed by atoms with Gasteiger partial charge in [-0.1, -0.05) is 12.1 Å². The van der Waals surface area contributed by atoms with Gasteiger partial charge < -0.3 is 11.1 Å². The summed E-state index contributed by atoms with van der Waals surface area (Å²) in [5.74, 6) is -0.402. The molecule has 108 valence electrons. The molecule has 0 unspecified atom stereocenters. The molecule has 1 amide bonds. The van der Waals surface area contributed by atoms with Crippen LogP contribution in [0.1, 0.15) is 34.6 Å². The van der Waals surface area contributed by atoms with Crippen molar-refractivity contribution < 1.29 is 4.79 Å². The first kappa shape index (κ1) is 15.1. The first-order valence-electron chi connectivity index (χ1n) is 6.55. The average Bonchev–Trinajstić information content (AvgIpc) is 2.95. The second kappa shape index (κ2) is 5.98. The van der Waals surface area contributed by atoms with Gasteiger partial charge in [-0.25, -0.2) is 0 Å². The van der Waals surface area contributed by atoms with Crippen LogP contribution < -0.4 is 11.1 Å². The number of thiophene rings is 1. The summed E-state index contributed by atoms with van der Waals surface area (Å²) in [5.41, 5.74) is 7.25. The third-order valence-electron chi connectivity index (χ3n) is 3.29. The van der Waals surface area contributed by atoms with Crippen LogP contribution in [-0.2, 0) is 12.0 Å². The Hall–Kier alpha value is -2.32. The number of anilines is 1. The van der Waals surface area contributed by atoms with Crippen molar-refractivity contribution in [3.63, 3.8) is 0 Å². The minimum atomic E-state index is -0.483. The molecule has 21 heavy (non-hydrogen) atoms. The van der Waals surface area contributed by atoms with Crippen molar-refractivity contribution in [3.05, 3.63) is 51.7 Å². The lowest BCUT2D eigenvalue weighted by molar-refractivity contribution is 0.100. The fourth-order valence-electron chi connectivity index (χ4n) is 1.86. The molecule has 0 radical (unpaired) electrons. The van der Waals surface area contributed by atoms with E-state index in [1.807, 2.05) is 38.1 Å². The normalized spacial score (nSPS) is 10.9. The van der Waals surface area contributed by atoms with E-state index >= 15 is 0 Å². The van der Waals surface area contributed by atoms with Gasteiger partial charge in [-0.2, -0.15) is 5.26 Å². The number of carbonyl (C=O) groups excluding carboxylic acids is 1. The molecule has 0 fully saturated rings. The second-order valence-corrected chi connectivity index (χ2v) is 6.33. The molecule has 0 bridgehead atoms. The standard InChI is InChI=1S/C16H17N3OS/c1-16(2,10-17)12-3-5-13(6-4-12)19-8-14-7-11(9-21-14)15(18)20/h3-7,9,19H,8H2,1-2H3,(H2,18,20). The van der Waals surface area contributed by atoms with Gasteiger partial charge in [-0.05, 0) is 37.6 Å². The summed E-state index contributed by atoms with van der Waals surface area (Å²) in [5, 5.41) is 14.2. The lowest BCUT2D eigenvalue weighted by Crippen LogP contribution is -2.13. The number of benzene rings is 1. The smallest absolute Gasteiger partial charge is 0.249 e. The molecule has 0 saturated heterocycles. The van der Waals surface area contributed by atoms with Gasteiger partial charge in [0.05, 0.1) is 17.0 Å². The number of hydrogen-bond acceptors (Lipinski definition) is 4. The van der Waals surface area contributed by atoms with Crippen molar-refractivity contribution >= 4 is 22.9 Å². The van der Waals surface area contributed by atoms with Crippen molar-refractivity contribution in [2.75, 3.05) is 5.32 Å². The van der Waals surface area contributed by atoms with Gasteiger partial charge in [0.2, 0.25) is 5.91 Å². The Labute approximate surface area is 128 Å². The van der Waals surface area contributed by atoms with E-state index in [-0.39, 0.29) is 0 Å². The zero-order chi connectivity index (χ0) is 15.5. The zero-order valence-corrected chi connectivity index (χ0v) is 12.8. The quantitative estimate of drug-likeness (QED) is 0.889. The number of nitrogens with zero attached hydrogens (tertiary/aromatic N) is 1. The maximum absolute atomic E-state index is 11.0. The minimum Gasteiger partial charge on any atom is -0.380 e. The van der Waals surface area contributed by atoms with Gasteiger partial charge in [-0.15, -0.1) is 11.3 Å². The Bertz CT molecular complexity index is 680. The van der Waals surface area contributed by atoms with Crippen LogP contribution in [0.5, 0.6) is 0 Å². The second-order valence-electron chi connectivity index (χ2n) is 5.33. The van der Waals surface area contributed by atoms with E-state index in [1.165, 1.54) is 11.3 Å². The highest BCUT2D eigenvalue weighted by atomic mass is 32.1. The van der Waals surface area contributed by atoms with Gasteiger partial charge in [0, 0.05) is 22.5 Å². The molecule has 2 aromatic rings. The Kier molecular flexibility index (Phi) is 4.29. The summed E-state index contributed by atoms with van der Waals surface area (Å²) in [7, 11) is 0. The number of amides is 1. The van der Waals surface area contributed by atoms with Crippen LogP contribution in [0.15, 0.2) is 35.7 Å². The Morgan fingerprint density at radius 2 is 2.05 bits per heavy atom. The van der Waals surface area contributed by atoms with Crippen LogP contribution in [0.25, 0.3) is 0 Å². The first-order chi connectivity index (χ1) is 9.92. The molecule has 0 aliphatic rings. The van der Waals surface area contributed by atoms with Crippen molar-refractivity contribution in [1.29, 1.82) is 5.26 Å². The highest BCUT2D eigenvalue weighted by Gasteiger charge is 2.19. The van der Waals surface area contributed by atoms with Crippen molar-refractivity contribution in [3.8, 4) is 6.07 Å². The molecule has 1 heterocycles. The maximum atomic E-state index is 11.0. The first-order valence-corrected chi connectivity index (χ1v) is 7.43. The van der Waals surface area contributed by atoms with E-state index in [0.29, 0.717) is 12.1 Å². The molecule has 0 atom stereocenters. The van der Waals surface area contributed by atoms with E-state index in [2.05, 4.69) is 11.4 Å². The largest absolute Gasteiger partial charge is 0.380 e. The number of nitriles is 1. The molecule has 5 heteroatoms. The van der Waals surface area contributed by atoms with Crippen LogP contribution >= 0.6 is 11.3 Å². The van der Waals surface area contributed by atoms with Crippen molar-refractivity contribution in [2.45, 2.75) is 25.8 Å². The van der Waals surface area contributed by atoms with Crippen LogP contribution in [0.2, 0.25) is 0 Å². The predicted molar refractivity (Wildman–Crippen MR) is 85.2 cm³/mol. The molecule has 0 spiro atoms. The SMILES string of the molecule is CC(C)(C#N)c1ccc(NCc2cc(C(N)=O)cs2)cc1. The minimum absolute atomic E-state index is 0.402. The van der Waals surface area contributed by atoms with E-state index < -0.39 is 11.3 Å². The molecule has 2 rings (SSSR count). The Morgan fingerprint density at radius 3 is 2.57 bits per heavy atom. The Balaban J connectivity index is 2.01. The number of primary amides is 1. The summed E-state index contributed by atoms with van der Waals surface area (Å²) in [4.78, 5) is 12.1. The van der Waals surface area contributed by atoms with E-state index in [4.69, 9.17) is 11.0 Å². The van der Waals surface area contributed by atoms with E-state index in [0.717, 1.165) is 16.1 Å². The molecule has 0 aliphatic heterocycles. The van der Waals surface area contributed by atoms with Gasteiger partial charge >= 0.3 is 0 Å². The number of hydrogen-bond donors (Lipinski definition) is 2. The fourth-order valence-corrected chi connectivity index (χ4v) is 2.67. The summed E-state index contributed by atoms with van der Waals surface area (Å²) >= 11 is 1.50. The van der Waals surface area contributed by atoms with Gasteiger partial charge in [0.1, 0.15) is 0 Å². The average molecular weight is 299 g/mol. The number of nitrogens with two attached hydrogens (primary N) is 1. The monoisotopic (exact) mass is 299 g/mol. The molecular weight excluding hydrogens is 282 g/mol. The number of carbonyl (C=O) groups is 1. The molecule has 4 nitrogen and oxygen atoms in total. The third kappa shape index (κ3) is 3.61. The van der Waals surface area contributed by atoms with Crippen LogP contribution in [-0.4, -0.2) is 5.91 Å². The van der Waals surface area contributed by atoms with Gasteiger partial charge in [0.25, 0.3) is 0 Å². The number of rotatable bonds is 5. The third-order valence-corrected chi connectivity index (χ3v) is 4.23. The van der Waals surface area contributed by atoms with E-state index in [9.17, 15) is 4.79 Å². The molecule has 3 N–H and O–H groups in total. The summed E-state index contributed by atoms with van der Waals surface area (Å²) in [6, 6.07) is 11.9. The van der Waals surface area contributed by atoms with E-state index in [1.54, 1.807) is 11.4 Å². The summed E-state index contributed by atoms with van der Waals surface area (Å²) in [6.45, 7) is 4.43. The topological polar surface area (TPSA) is 78.9 Å². The zero-order valence-electron chi connectivity index (χ0n) is 12.0. The van der Waals surface area contributed by atoms with Crippen LogP contribution in [0.3, 0.4) is 0 Å². The Morgan fingerprint density at radius 1 is 1.38 bits per heavy atom. The molecule has 0 saturated carbocycles. The molecule has 1 aromatic carbocycles. The van der Waals surface area contributed by atoms with Crippen LogP contribution in [0.4, 0.5) is 5.69 Å². The molecule has 0 aliphatic carbocycles. The highest BCUT2D eigenvalue weighted by Crippen LogP contribution is 2.24. The molecule has 1 aromatic heterocycles. The van der Waals surface area contributed by atoms with Gasteiger partial charge in [0.15, 0.2) is 0 Å². The highest BCUT2D eigenvalue weighted by molar-refractivity contribution is 7.10. The summed E-state index contributed by atoms with van der Waals surface area (Å²) in [6.07, 6.45) is 0. The molecular formula is C16H17N3OS. The van der Waals surface area contributed by atoms with Crippen molar-refractivity contribution in [1.82, 2.24) is 0 Å². The lowest BCUT2D eigenvalue weighted by Gasteiger charge is -2.16. The fraction of sp³-hybridized carbons (Fsp3) is 0.250. The summed E-state index contributed by atoms with van der Waals surface area (Å²) < 4.78 is 0. The lowest BCUT2D eigenvalue weighted by atomic mass is 9.86. The van der Waals surface area contributed by atoms with Crippen molar-refractivity contribution in [2.24, 2.45) is 5.73 Å². The van der Waals surface area contributed by atoms with Gasteiger partial charge in [-0.3, -0.25) is 4.79 Å². The number of nitrogens with one attached hydrogen (secondary N) is 1.